The molecule has 114 valence electrons. The van der Waals surface area contributed by atoms with Gasteiger partial charge in [-0.15, -0.1) is 0 Å². The fourth-order valence-electron chi connectivity index (χ4n) is 2.81. The van der Waals surface area contributed by atoms with Crippen molar-refractivity contribution >= 4 is 12.0 Å². The van der Waals surface area contributed by atoms with Crippen molar-refractivity contribution in [3.8, 4) is 0 Å². The van der Waals surface area contributed by atoms with Crippen LogP contribution in [0.5, 0.6) is 0 Å². The number of urea groups is 1. The molecule has 1 saturated heterocycles. The first-order chi connectivity index (χ1) is 9.95. The predicted molar refractivity (Wildman–Crippen MR) is 78.0 cm³/mol. The lowest BCUT2D eigenvalue weighted by atomic mass is 9.92. The van der Waals surface area contributed by atoms with Gasteiger partial charge in [-0.3, -0.25) is 4.98 Å². The van der Waals surface area contributed by atoms with Crippen molar-refractivity contribution in [1.29, 1.82) is 0 Å². The lowest BCUT2D eigenvalue weighted by molar-refractivity contribution is 0.0696. The van der Waals surface area contributed by atoms with E-state index in [-0.39, 0.29) is 18.1 Å². The first-order valence-electron chi connectivity index (χ1n) is 7.16. The van der Waals surface area contributed by atoms with Gasteiger partial charge in [0.2, 0.25) is 0 Å². The highest BCUT2D eigenvalue weighted by atomic mass is 16.4. The average molecular weight is 291 g/mol. The van der Waals surface area contributed by atoms with Crippen LogP contribution in [0.4, 0.5) is 4.79 Å². The zero-order valence-electron chi connectivity index (χ0n) is 12.4. The van der Waals surface area contributed by atoms with E-state index in [1.165, 1.54) is 18.3 Å². The molecular formula is C15H21N3O3. The summed E-state index contributed by atoms with van der Waals surface area (Å²) in [5, 5.41) is 11.7. The van der Waals surface area contributed by atoms with Crippen molar-refractivity contribution in [3.63, 3.8) is 0 Å². The van der Waals surface area contributed by atoms with Crippen LogP contribution >= 0.6 is 0 Å². The van der Waals surface area contributed by atoms with E-state index in [0.717, 1.165) is 19.5 Å². The first kappa shape index (κ1) is 15.3. The quantitative estimate of drug-likeness (QED) is 0.892. The Bertz CT molecular complexity index is 523. The second kappa shape index (κ2) is 6.56. The summed E-state index contributed by atoms with van der Waals surface area (Å²) < 4.78 is 0. The summed E-state index contributed by atoms with van der Waals surface area (Å²) in [5.41, 5.74) is 0.718. The molecule has 2 heterocycles. The van der Waals surface area contributed by atoms with Gasteiger partial charge in [0.05, 0.1) is 17.8 Å². The number of likely N-dealkylation sites (tertiary alicyclic amines) is 1. The first-order valence-corrected chi connectivity index (χ1v) is 7.16. The Kier molecular flexibility index (Phi) is 4.77. The van der Waals surface area contributed by atoms with Gasteiger partial charge >= 0.3 is 12.0 Å². The summed E-state index contributed by atoms with van der Waals surface area (Å²) in [4.78, 5) is 28.9. The topological polar surface area (TPSA) is 82.5 Å². The predicted octanol–water partition coefficient (Wildman–Crippen LogP) is 1.97. The Hall–Kier alpha value is -2.11. The van der Waals surface area contributed by atoms with Crippen LogP contribution in [-0.2, 0) is 6.54 Å². The maximum atomic E-state index is 12.2. The molecule has 2 amide bonds. The molecular weight excluding hydrogens is 270 g/mol. The molecule has 1 aliphatic rings. The van der Waals surface area contributed by atoms with Gasteiger partial charge in [-0.2, -0.15) is 0 Å². The van der Waals surface area contributed by atoms with Gasteiger partial charge in [0.25, 0.3) is 0 Å². The number of aromatic nitrogens is 1. The minimum atomic E-state index is -0.997. The van der Waals surface area contributed by atoms with Gasteiger partial charge in [0, 0.05) is 19.3 Å². The molecule has 0 radical (unpaired) electrons. The Morgan fingerprint density at radius 2 is 2.05 bits per heavy atom. The highest BCUT2D eigenvalue weighted by molar-refractivity contribution is 5.87. The van der Waals surface area contributed by atoms with Crippen LogP contribution in [0.2, 0.25) is 0 Å². The molecule has 21 heavy (non-hydrogen) atoms. The number of nitrogens with zero attached hydrogens (tertiary/aromatic N) is 2. The summed E-state index contributed by atoms with van der Waals surface area (Å²) in [7, 11) is 0. The summed E-state index contributed by atoms with van der Waals surface area (Å²) >= 11 is 0. The largest absolute Gasteiger partial charge is 0.478 e. The van der Waals surface area contributed by atoms with Crippen LogP contribution in [0.3, 0.4) is 0 Å². The number of nitrogens with one attached hydrogen (secondary N) is 1. The molecule has 0 spiro atoms. The standard InChI is InChI=1S/C15H21N3O3/c1-10-5-11(2)9-18(8-10)15(21)17-7-13-6-12(14(19)20)3-4-16-13/h3-4,6,10-11H,5,7-9H2,1-2H3,(H,17,21)(H,19,20). The van der Waals surface area contributed by atoms with Gasteiger partial charge in [-0.05, 0) is 30.4 Å². The lowest BCUT2D eigenvalue weighted by Crippen LogP contribution is -2.47. The van der Waals surface area contributed by atoms with Crippen LogP contribution in [0.1, 0.15) is 36.3 Å². The Labute approximate surface area is 124 Å². The lowest BCUT2D eigenvalue weighted by Gasteiger charge is -2.34. The number of piperidine rings is 1. The number of carbonyl (C=O) groups excluding carboxylic acids is 1. The van der Waals surface area contributed by atoms with Gasteiger partial charge in [0.1, 0.15) is 0 Å². The Morgan fingerprint density at radius 3 is 2.67 bits per heavy atom. The fraction of sp³-hybridized carbons (Fsp3) is 0.533. The van der Waals surface area contributed by atoms with E-state index in [1.54, 1.807) is 0 Å². The maximum absolute atomic E-state index is 12.2. The van der Waals surface area contributed by atoms with E-state index in [2.05, 4.69) is 24.1 Å². The molecule has 1 aromatic rings. The third kappa shape index (κ3) is 4.18. The van der Waals surface area contributed by atoms with Gasteiger partial charge in [-0.25, -0.2) is 9.59 Å². The molecule has 2 unspecified atom stereocenters. The van der Waals surface area contributed by atoms with Crippen molar-refractivity contribution in [2.45, 2.75) is 26.8 Å². The minimum Gasteiger partial charge on any atom is -0.478 e. The van der Waals surface area contributed by atoms with Crippen molar-refractivity contribution < 1.29 is 14.7 Å². The number of carbonyl (C=O) groups is 2. The third-order valence-corrected chi connectivity index (χ3v) is 3.64. The maximum Gasteiger partial charge on any atom is 0.335 e. The van der Waals surface area contributed by atoms with Gasteiger partial charge in [-0.1, -0.05) is 13.8 Å². The summed E-state index contributed by atoms with van der Waals surface area (Å²) in [6.45, 7) is 6.05. The van der Waals surface area contributed by atoms with Crippen molar-refractivity contribution in [2.75, 3.05) is 13.1 Å². The summed E-state index contributed by atoms with van der Waals surface area (Å²) in [6, 6.07) is 2.79. The summed E-state index contributed by atoms with van der Waals surface area (Å²) in [6.07, 6.45) is 2.59. The van der Waals surface area contributed by atoms with Crippen LogP contribution in [-0.4, -0.2) is 40.1 Å². The number of hydrogen-bond donors (Lipinski definition) is 2. The molecule has 1 fully saturated rings. The summed E-state index contributed by atoms with van der Waals surface area (Å²) in [5.74, 6) is 0.0181. The third-order valence-electron chi connectivity index (χ3n) is 3.64. The molecule has 0 aliphatic carbocycles. The van der Waals surface area contributed by atoms with Crippen LogP contribution in [0.15, 0.2) is 18.3 Å². The molecule has 0 saturated carbocycles. The highest BCUT2D eigenvalue weighted by Crippen LogP contribution is 2.20. The second-order valence-corrected chi connectivity index (χ2v) is 5.85. The monoisotopic (exact) mass is 291 g/mol. The number of amides is 2. The van der Waals surface area contributed by atoms with E-state index < -0.39 is 5.97 Å². The van der Waals surface area contributed by atoms with E-state index in [9.17, 15) is 9.59 Å². The normalized spacial score (nSPS) is 21.9. The van der Waals surface area contributed by atoms with Crippen molar-refractivity contribution in [3.05, 3.63) is 29.6 Å². The van der Waals surface area contributed by atoms with E-state index in [0.29, 0.717) is 17.5 Å². The number of pyridine rings is 1. The van der Waals surface area contributed by atoms with Crippen molar-refractivity contribution in [2.24, 2.45) is 11.8 Å². The van der Waals surface area contributed by atoms with Crippen LogP contribution < -0.4 is 5.32 Å². The SMILES string of the molecule is CC1CC(C)CN(C(=O)NCc2cc(C(=O)O)ccn2)C1. The molecule has 6 nitrogen and oxygen atoms in total. The van der Waals surface area contributed by atoms with Gasteiger partial charge < -0.3 is 15.3 Å². The molecule has 6 heteroatoms. The molecule has 2 atom stereocenters. The number of aromatic carboxylic acids is 1. The molecule has 2 rings (SSSR count). The van der Waals surface area contributed by atoms with Crippen molar-refractivity contribution in [1.82, 2.24) is 15.2 Å². The fourth-order valence-corrected chi connectivity index (χ4v) is 2.81. The zero-order chi connectivity index (χ0) is 15.4. The minimum absolute atomic E-state index is 0.115. The molecule has 1 aliphatic heterocycles. The average Bonchev–Trinajstić information content (AvgIpc) is 2.44. The smallest absolute Gasteiger partial charge is 0.335 e. The highest BCUT2D eigenvalue weighted by Gasteiger charge is 2.25. The number of rotatable bonds is 3. The second-order valence-electron chi connectivity index (χ2n) is 5.85. The zero-order valence-corrected chi connectivity index (χ0v) is 12.4. The number of carboxylic acids is 1. The van der Waals surface area contributed by atoms with E-state index in [1.807, 2.05) is 4.90 Å². The molecule has 1 aromatic heterocycles. The van der Waals surface area contributed by atoms with E-state index >= 15 is 0 Å². The molecule has 0 bridgehead atoms. The molecule has 0 aromatic carbocycles. The van der Waals surface area contributed by atoms with Crippen LogP contribution in [0, 0.1) is 11.8 Å². The van der Waals surface area contributed by atoms with E-state index in [4.69, 9.17) is 5.11 Å². The molecule has 2 N–H and O–H groups in total. The Morgan fingerprint density at radius 1 is 1.38 bits per heavy atom. The van der Waals surface area contributed by atoms with Crippen LogP contribution in [0.25, 0.3) is 0 Å². The Balaban J connectivity index is 1.92. The van der Waals surface area contributed by atoms with Gasteiger partial charge in [0.15, 0.2) is 0 Å². The number of carboxylic acid groups (broad SMARTS) is 1. The number of hydrogen-bond acceptors (Lipinski definition) is 3.